The molecule has 0 aromatic rings. The highest BCUT2D eigenvalue weighted by molar-refractivity contribution is 5.85. The molecule has 0 aliphatic carbocycles. The second-order valence-corrected chi connectivity index (χ2v) is 5.59. The quantitative estimate of drug-likeness (QED) is 0.452. The van der Waals surface area contributed by atoms with E-state index in [1.807, 2.05) is 0 Å². The fourth-order valence-corrected chi connectivity index (χ4v) is 2.76. The summed E-state index contributed by atoms with van der Waals surface area (Å²) in [4.78, 5) is 4.61. The van der Waals surface area contributed by atoms with Crippen molar-refractivity contribution < 1.29 is 0 Å². The number of aliphatic imine (C=N–C) groups is 1. The molecule has 1 heteroatoms. The van der Waals surface area contributed by atoms with Gasteiger partial charge in [-0.3, -0.25) is 4.99 Å². The van der Waals surface area contributed by atoms with E-state index in [1.54, 1.807) is 0 Å². The first kappa shape index (κ1) is 14.7. The van der Waals surface area contributed by atoms with Crippen LogP contribution in [0.2, 0.25) is 0 Å². The molecule has 0 fully saturated rings. The van der Waals surface area contributed by atoms with Crippen molar-refractivity contribution in [1.82, 2.24) is 0 Å². The maximum Gasteiger partial charge on any atom is 0.0392 e. The van der Waals surface area contributed by atoms with Gasteiger partial charge in [0.15, 0.2) is 0 Å². The molecule has 0 radical (unpaired) electrons. The summed E-state index contributed by atoms with van der Waals surface area (Å²) in [5.41, 5.74) is 1.52. The molecule has 0 saturated heterocycles. The van der Waals surface area contributed by atoms with Crippen molar-refractivity contribution in [3.63, 3.8) is 0 Å². The lowest BCUT2D eigenvalue weighted by Gasteiger charge is -2.14. The molecule has 1 rings (SSSR count). The summed E-state index contributed by atoms with van der Waals surface area (Å²) in [5, 5.41) is 0. The monoisotopic (exact) mass is 237 g/mol. The van der Waals surface area contributed by atoms with E-state index in [1.165, 1.54) is 76.3 Å². The van der Waals surface area contributed by atoms with Gasteiger partial charge in [-0.15, -0.1) is 0 Å². The fourth-order valence-electron chi connectivity index (χ4n) is 2.76. The molecule has 17 heavy (non-hydrogen) atoms. The van der Waals surface area contributed by atoms with Crippen LogP contribution in [0.3, 0.4) is 0 Å². The fraction of sp³-hybridized carbons (Fsp3) is 0.938. The van der Waals surface area contributed by atoms with Crippen molar-refractivity contribution in [3.05, 3.63) is 0 Å². The van der Waals surface area contributed by atoms with Crippen LogP contribution in [0.1, 0.15) is 84.5 Å². The molecule has 1 aliphatic rings. The molecule has 0 amide bonds. The van der Waals surface area contributed by atoms with Crippen LogP contribution in [0.5, 0.6) is 0 Å². The van der Waals surface area contributed by atoms with E-state index in [0.29, 0.717) is 0 Å². The summed E-state index contributed by atoms with van der Waals surface area (Å²) in [5.74, 6) is 0.915. The highest BCUT2D eigenvalue weighted by Crippen LogP contribution is 2.21. The van der Waals surface area contributed by atoms with Crippen molar-refractivity contribution in [1.29, 1.82) is 0 Å². The minimum Gasteiger partial charge on any atom is -0.294 e. The first-order chi connectivity index (χ1) is 8.36. The molecule has 0 bridgehead atoms. The number of nitrogens with zero attached hydrogens (tertiary/aromatic N) is 1. The normalized spacial score (nSPS) is 17.2. The molecule has 1 aliphatic heterocycles. The summed E-state index contributed by atoms with van der Waals surface area (Å²) < 4.78 is 0. The Balaban J connectivity index is 2.02. The highest BCUT2D eigenvalue weighted by Gasteiger charge is 2.12. The smallest absolute Gasteiger partial charge is 0.0392 e. The Bertz CT molecular complexity index is 208. The van der Waals surface area contributed by atoms with Crippen molar-refractivity contribution in [2.24, 2.45) is 10.9 Å². The van der Waals surface area contributed by atoms with E-state index in [-0.39, 0.29) is 0 Å². The van der Waals surface area contributed by atoms with E-state index in [4.69, 9.17) is 0 Å². The van der Waals surface area contributed by atoms with Crippen LogP contribution < -0.4 is 0 Å². The van der Waals surface area contributed by atoms with Gasteiger partial charge < -0.3 is 0 Å². The Labute approximate surface area is 108 Å². The molecule has 0 aromatic heterocycles. The first-order valence-corrected chi connectivity index (χ1v) is 7.89. The van der Waals surface area contributed by atoms with Crippen LogP contribution in [0.4, 0.5) is 0 Å². The van der Waals surface area contributed by atoms with E-state index in [2.05, 4.69) is 18.8 Å². The second-order valence-electron chi connectivity index (χ2n) is 5.59. The van der Waals surface area contributed by atoms with Gasteiger partial charge in [0.05, 0.1) is 0 Å². The maximum absolute atomic E-state index is 4.61. The SMILES string of the molecule is CCCCCCCCC(CC)CC1=NCCC1. The predicted octanol–water partition coefficient (Wildman–Crippen LogP) is 5.39. The molecule has 1 unspecified atom stereocenters. The lowest BCUT2D eigenvalue weighted by molar-refractivity contribution is 0.450. The summed E-state index contributed by atoms with van der Waals surface area (Å²) in [6, 6.07) is 0. The van der Waals surface area contributed by atoms with E-state index < -0.39 is 0 Å². The van der Waals surface area contributed by atoms with E-state index in [0.717, 1.165) is 12.5 Å². The van der Waals surface area contributed by atoms with Crippen LogP contribution in [0.15, 0.2) is 4.99 Å². The molecule has 0 aromatic carbocycles. The third-order valence-corrected chi connectivity index (χ3v) is 4.03. The molecule has 1 heterocycles. The third kappa shape index (κ3) is 6.85. The average Bonchev–Trinajstić information content (AvgIpc) is 2.85. The Morgan fingerprint density at radius 1 is 1.06 bits per heavy atom. The van der Waals surface area contributed by atoms with E-state index >= 15 is 0 Å². The minimum atomic E-state index is 0.915. The van der Waals surface area contributed by atoms with Crippen molar-refractivity contribution >= 4 is 5.71 Å². The average molecular weight is 237 g/mol. The number of rotatable bonds is 10. The number of hydrogen-bond acceptors (Lipinski definition) is 1. The molecule has 0 spiro atoms. The van der Waals surface area contributed by atoms with Gasteiger partial charge in [0.1, 0.15) is 0 Å². The number of hydrogen-bond donors (Lipinski definition) is 0. The van der Waals surface area contributed by atoms with Gasteiger partial charge >= 0.3 is 0 Å². The molecular formula is C16H31N. The standard InChI is InChI=1S/C16H31N/c1-3-5-6-7-8-9-11-15(4-2)14-16-12-10-13-17-16/h15H,3-14H2,1-2H3. The van der Waals surface area contributed by atoms with Crippen molar-refractivity contribution in [3.8, 4) is 0 Å². The predicted molar refractivity (Wildman–Crippen MR) is 77.9 cm³/mol. The van der Waals surface area contributed by atoms with Gasteiger partial charge in [0.25, 0.3) is 0 Å². The molecule has 0 saturated carbocycles. The molecule has 1 nitrogen and oxygen atoms in total. The van der Waals surface area contributed by atoms with Crippen molar-refractivity contribution in [2.45, 2.75) is 84.5 Å². The Morgan fingerprint density at radius 2 is 1.82 bits per heavy atom. The largest absolute Gasteiger partial charge is 0.294 e. The number of unbranched alkanes of at least 4 members (excludes halogenated alkanes) is 5. The van der Waals surface area contributed by atoms with Crippen LogP contribution in [-0.4, -0.2) is 12.3 Å². The molecular weight excluding hydrogens is 206 g/mol. The Hall–Kier alpha value is -0.330. The highest BCUT2D eigenvalue weighted by atomic mass is 14.8. The first-order valence-electron chi connectivity index (χ1n) is 7.89. The topological polar surface area (TPSA) is 12.4 Å². The Kier molecular flexibility index (Phi) is 8.38. The van der Waals surface area contributed by atoms with Gasteiger partial charge in [-0.2, -0.15) is 0 Å². The summed E-state index contributed by atoms with van der Waals surface area (Å²) in [6.07, 6.45) is 15.2. The second kappa shape index (κ2) is 9.67. The van der Waals surface area contributed by atoms with Gasteiger partial charge in [-0.05, 0) is 25.2 Å². The van der Waals surface area contributed by atoms with Crippen LogP contribution in [0, 0.1) is 5.92 Å². The zero-order valence-electron chi connectivity index (χ0n) is 12.0. The molecule has 100 valence electrons. The minimum absolute atomic E-state index is 0.915. The zero-order valence-corrected chi connectivity index (χ0v) is 12.0. The summed E-state index contributed by atoms with van der Waals surface area (Å²) >= 11 is 0. The zero-order chi connectivity index (χ0) is 12.3. The van der Waals surface area contributed by atoms with Gasteiger partial charge in [-0.25, -0.2) is 0 Å². The lowest BCUT2D eigenvalue weighted by Crippen LogP contribution is -2.06. The summed E-state index contributed by atoms with van der Waals surface area (Å²) in [7, 11) is 0. The van der Waals surface area contributed by atoms with Crippen molar-refractivity contribution in [2.75, 3.05) is 6.54 Å². The van der Waals surface area contributed by atoms with E-state index in [9.17, 15) is 0 Å². The summed E-state index contributed by atoms with van der Waals surface area (Å²) in [6.45, 7) is 5.73. The molecule has 1 atom stereocenters. The van der Waals surface area contributed by atoms with Crippen LogP contribution >= 0.6 is 0 Å². The van der Waals surface area contributed by atoms with Gasteiger partial charge in [0, 0.05) is 12.3 Å². The van der Waals surface area contributed by atoms with Crippen LogP contribution in [-0.2, 0) is 0 Å². The third-order valence-electron chi connectivity index (χ3n) is 4.03. The Morgan fingerprint density at radius 3 is 2.47 bits per heavy atom. The van der Waals surface area contributed by atoms with Crippen LogP contribution in [0.25, 0.3) is 0 Å². The lowest BCUT2D eigenvalue weighted by atomic mass is 9.92. The molecule has 0 N–H and O–H groups in total. The van der Waals surface area contributed by atoms with Gasteiger partial charge in [-0.1, -0.05) is 65.2 Å². The maximum atomic E-state index is 4.61. The van der Waals surface area contributed by atoms with Gasteiger partial charge in [0.2, 0.25) is 0 Å².